The Morgan fingerprint density at radius 1 is 1.10 bits per heavy atom. The lowest BCUT2D eigenvalue weighted by molar-refractivity contribution is -0.139. The fourth-order valence-electron chi connectivity index (χ4n) is 3.83. The van der Waals surface area contributed by atoms with Crippen LogP contribution in [0.3, 0.4) is 0 Å². The molecule has 0 spiro atoms. The number of benzene rings is 2. The minimum absolute atomic E-state index is 0.0758. The van der Waals surface area contributed by atoms with E-state index in [0.29, 0.717) is 6.42 Å². The van der Waals surface area contributed by atoms with E-state index in [1.807, 2.05) is 55.5 Å². The van der Waals surface area contributed by atoms with Crippen molar-refractivity contribution in [2.75, 3.05) is 18.1 Å². The standard InChI is InChI=1S/C23H28N2O5S/c1-2-3-13-31(24,29)14-12-21(22(26)27)25-23(28)30-15-20-18-10-6-4-8-16(18)17-9-5-7-11-19(17)20/h4-11,20-21,24H,2-3,12-15H2,1H3,(H,25,28)(H,26,27)/t21-,31-/m0/s1. The van der Waals surface area contributed by atoms with Crippen LogP contribution >= 0.6 is 0 Å². The molecule has 0 saturated heterocycles. The van der Waals surface area contributed by atoms with Gasteiger partial charge in [-0.3, -0.25) is 4.78 Å². The Bertz CT molecular complexity index is 1010. The Hall–Kier alpha value is -2.87. The molecular weight excluding hydrogens is 416 g/mol. The summed E-state index contributed by atoms with van der Waals surface area (Å²) in [5, 5.41) is 11.8. The number of rotatable bonds is 10. The summed E-state index contributed by atoms with van der Waals surface area (Å²) in [6.07, 6.45) is 0.557. The summed E-state index contributed by atoms with van der Waals surface area (Å²) in [4.78, 5) is 23.8. The highest BCUT2D eigenvalue weighted by atomic mass is 32.2. The van der Waals surface area contributed by atoms with Gasteiger partial charge in [0.1, 0.15) is 12.6 Å². The molecule has 0 saturated carbocycles. The van der Waals surface area contributed by atoms with Gasteiger partial charge in [0.05, 0.1) is 0 Å². The maximum atomic E-state index is 12.3. The number of amides is 1. The fourth-order valence-corrected chi connectivity index (χ4v) is 5.40. The van der Waals surface area contributed by atoms with E-state index in [0.717, 1.165) is 28.7 Å². The molecule has 0 bridgehead atoms. The van der Waals surface area contributed by atoms with Crippen LogP contribution in [0, 0.1) is 4.78 Å². The predicted octanol–water partition coefficient (Wildman–Crippen LogP) is 4.22. The number of carboxylic acid groups (broad SMARTS) is 1. The van der Waals surface area contributed by atoms with Crippen LogP contribution in [-0.4, -0.2) is 45.5 Å². The monoisotopic (exact) mass is 444 g/mol. The minimum atomic E-state index is -2.86. The smallest absolute Gasteiger partial charge is 0.407 e. The highest BCUT2D eigenvalue weighted by Gasteiger charge is 2.30. The summed E-state index contributed by atoms with van der Waals surface area (Å²) in [5.74, 6) is -1.20. The van der Waals surface area contributed by atoms with Crippen LogP contribution in [0.25, 0.3) is 11.1 Å². The zero-order chi connectivity index (χ0) is 22.4. The van der Waals surface area contributed by atoms with Crippen molar-refractivity contribution in [3.05, 3.63) is 59.7 Å². The van der Waals surface area contributed by atoms with Crippen molar-refractivity contribution in [1.82, 2.24) is 5.32 Å². The molecule has 0 unspecified atom stereocenters. The number of nitrogens with one attached hydrogen (secondary N) is 2. The molecule has 7 nitrogen and oxygen atoms in total. The first-order valence-corrected chi connectivity index (χ1v) is 12.3. The summed E-state index contributed by atoms with van der Waals surface area (Å²) in [6.45, 7) is 2.02. The van der Waals surface area contributed by atoms with Crippen molar-refractivity contribution in [2.24, 2.45) is 0 Å². The van der Waals surface area contributed by atoms with Crippen molar-refractivity contribution >= 4 is 21.8 Å². The van der Waals surface area contributed by atoms with Crippen LogP contribution in [0.5, 0.6) is 0 Å². The molecule has 0 radical (unpaired) electrons. The lowest BCUT2D eigenvalue weighted by Gasteiger charge is -2.18. The summed E-state index contributed by atoms with van der Waals surface area (Å²) < 4.78 is 25.5. The van der Waals surface area contributed by atoms with E-state index >= 15 is 0 Å². The molecule has 1 aliphatic rings. The summed E-state index contributed by atoms with van der Waals surface area (Å²) in [5.41, 5.74) is 4.34. The van der Waals surface area contributed by atoms with Crippen molar-refractivity contribution in [2.45, 2.75) is 38.1 Å². The number of ether oxygens (including phenoxy) is 1. The highest BCUT2D eigenvalue weighted by molar-refractivity contribution is 7.92. The summed E-state index contributed by atoms with van der Waals surface area (Å²) in [7, 11) is -2.86. The van der Waals surface area contributed by atoms with E-state index < -0.39 is 27.8 Å². The van der Waals surface area contributed by atoms with Crippen molar-refractivity contribution < 1.29 is 23.6 Å². The van der Waals surface area contributed by atoms with Gasteiger partial charge in [0.2, 0.25) is 0 Å². The van der Waals surface area contributed by atoms with Gasteiger partial charge in [-0.05, 0) is 35.1 Å². The third-order valence-corrected chi connectivity index (χ3v) is 7.34. The molecule has 2 aromatic carbocycles. The average molecular weight is 445 g/mol. The third kappa shape index (κ3) is 5.64. The lowest BCUT2D eigenvalue weighted by Crippen LogP contribution is -2.42. The van der Waals surface area contributed by atoms with Gasteiger partial charge in [-0.1, -0.05) is 61.9 Å². The first-order valence-electron chi connectivity index (χ1n) is 10.4. The van der Waals surface area contributed by atoms with E-state index in [4.69, 9.17) is 9.52 Å². The largest absolute Gasteiger partial charge is 0.480 e. The topological polar surface area (TPSA) is 117 Å². The molecule has 166 valence electrons. The van der Waals surface area contributed by atoms with Crippen LogP contribution in [0.4, 0.5) is 4.79 Å². The van der Waals surface area contributed by atoms with Crippen LogP contribution < -0.4 is 5.32 Å². The van der Waals surface area contributed by atoms with E-state index in [1.54, 1.807) is 0 Å². The van der Waals surface area contributed by atoms with Gasteiger partial charge in [-0.15, -0.1) is 0 Å². The number of carboxylic acids is 1. The first-order chi connectivity index (χ1) is 14.8. The van der Waals surface area contributed by atoms with E-state index in [-0.39, 0.29) is 30.5 Å². The molecule has 2 atom stereocenters. The Labute approximate surface area is 182 Å². The molecule has 1 amide bonds. The molecule has 31 heavy (non-hydrogen) atoms. The minimum Gasteiger partial charge on any atom is -0.480 e. The number of fused-ring (bicyclic) bond motifs is 3. The summed E-state index contributed by atoms with van der Waals surface area (Å²) in [6, 6.07) is 14.6. The number of carbonyl (C=O) groups is 2. The zero-order valence-electron chi connectivity index (χ0n) is 17.5. The van der Waals surface area contributed by atoms with E-state index in [9.17, 15) is 18.9 Å². The van der Waals surface area contributed by atoms with Crippen LogP contribution in [0.1, 0.15) is 43.2 Å². The van der Waals surface area contributed by atoms with Gasteiger partial charge in [0.25, 0.3) is 0 Å². The number of hydrogen-bond donors (Lipinski definition) is 3. The second kappa shape index (κ2) is 9.96. The number of alkyl carbamates (subject to hydrolysis) is 1. The number of aliphatic carboxylic acids is 1. The Balaban J connectivity index is 1.60. The van der Waals surface area contributed by atoms with Gasteiger partial charge in [-0.2, -0.15) is 0 Å². The second-order valence-corrected chi connectivity index (χ2v) is 10.2. The second-order valence-electron chi connectivity index (χ2n) is 7.72. The Morgan fingerprint density at radius 3 is 2.23 bits per heavy atom. The molecule has 2 aromatic rings. The van der Waals surface area contributed by atoms with Crippen molar-refractivity contribution in [3.63, 3.8) is 0 Å². The maximum absolute atomic E-state index is 12.3. The van der Waals surface area contributed by atoms with Crippen LogP contribution in [0.15, 0.2) is 48.5 Å². The molecular formula is C23H28N2O5S. The molecule has 8 heteroatoms. The lowest BCUT2D eigenvalue weighted by atomic mass is 9.98. The van der Waals surface area contributed by atoms with Gasteiger partial charge >= 0.3 is 12.1 Å². The van der Waals surface area contributed by atoms with Gasteiger partial charge in [0, 0.05) is 27.2 Å². The molecule has 1 aliphatic carbocycles. The quantitative estimate of drug-likeness (QED) is 0.507. The summed E-state index contributed by atoms with van der Waals surface area (Å²) >= 11 is 0. The van der Waals surface area contributed by atoms with Gasteiger partial charge in [-0.25, -0.2) is 13.8 Å². The number of hydrogen-bond acceptors (Lipinski definition) is 5. The predicted molar refractivity (Wildman–Crippen MR) is 120 cm³/mol. The molecule has 3 rings (SSSR count). The molecule has 0 fully saturated rings. The van der Waals surface area contributed by atoms with E-state index in [2.05, 4.69) is 5.32 Å². The average Bonchev–Trinajstić information content (AvgIpc) is 3.07. The maximum Gasteiger partial charge on any atom is 0.407 e. The SMILES string of the molecule is CCCC[S@](=N)(=O)CC[C@H](NC(=O)OCC1c2ccccc2-c2ccccc21)C(=O)O. The van der Waals surface area contributed by atoms with Crippen molar-refractivity contribution in [1.29, 1.82) is 4.78 Å². The fraction of sp³-hybridized carbons (Fsp3) is 0.391. The first kappa shape index (κ1) is 22.8. The number of carbonyl (C=O) groups excluding carboxylic acids is 1. The molecule has 0 heterocycles. The van der Waals surface area contributed by atoms with Gasteiger partial charge < -0.3 is 15.2 Å². The zero-order valence-corrected chi connectivity index (χ0v) is 18.3. The van der Waals surface area contributed by atoms with E-state index in [1.165, 1.54) is 0 Å². The Kier molecular flexibility index (Phi) is 7.33. The van der Waals surface area contributed by atoms with Crippen molar-refractivity contribution in [3.8, 4) is 11.1 Å². The Morgan fingerprint density at radius 2 is 1.68 bits per heavy atom. The molecule has 0 aliphatic heterocycles. The molecule has 3 N–H and O–H groups in total. The third-order valence-electron chi connectivity index (χ3n) is 5.50. The number of unbranched alkanes of at least 4 members (excludes halogenated alkanes) is 1. The molecule has 0 aromatic heterocycles. The van der Waals surface area contributed by atoms with Gasteiger partial charge in [0.15, 0.2) is 0 Å². The van der Waals surface area contributed by atoms with Crippen LogP contribution in [-0.2, 0) is 19.3 Å². The highest BCUT2D eigenvalue weighted by Crippen LogP contribution is 2.44. The van der Waals surface area contributed by atoms with Crippen LogP contribution in [0.2, 0.25) is 0 Å². The normalized spacial score (nSPS) is 15.4.